The average Bonchev–Trinajstić information content (AvgIpc) is 3.44. The number of amides is 1. The van der Waals surface area contributed by atoms with E-state index >= 15 is 0 Å². The third-order valence-electron chi connectivity index (χ3n) is 5.93. The molecule has 3 aromatic rings. The number of Topliss-reactive ketones (excluding diaryl/α,β-unsaturated/α-hetero) is 1. The smallest absolute Gasteiger partial charge is 0.300 e. The van der Waals surface area contributed by atoms with Crippen molar-refractivity contribution in [2.75, 3.05) is 19.1 Å². The molecule has 0 bridgehead atoms. The summed E-state index contributed by atoms with van der Waals surface area (Å²) in [5.41, 5.74) is 1.73. The Kier molecular flexibility index (Phi) is 5.96. The van der Waals surface area contributed by atoms with Gasteiger partial charge in [0, 0.05) is 11.8 Å². The second-order valence-electron chi connectivity index (χ2n) is 9.05. The van der Waals surface area contributed by atoms with Crippen LogP contribution in [0.4, 0.5) is 5.69 Å². The van der Waals surface area contributed by atoms with E-state index in [4.69, 9.17) is 13.9 Å². The number of hydrogen-bond donors (Lipinski definition) is 1. The Balaban J connectivity index is 1.89. The highest BCUT2D eigenvalue weighted by atomic mass is 16.5. The predicted octanol–water partition coefficient (Wildman–Crippen LogP) is 5.22. The minimum absolute atomic E-state index is 0.0714. The fourth-order valence-electron chi connectivity index (χ4n) is 4.08. The number of nitrogens with zero attached hydrogens (tertiary/aromatic N) is 1. The number of methoxy groups -OCH3 is 2. The minimum Gasteiger partial charge on any atom is -0.507 e. The molecule has 7 heteroatoms. The van der Waals surface area contributed by atoms with E-state index in [0.717, 1.165) is 5.56 Å². The van der Waals surface area contributed by atoms with Gasteiger partial charge in [-0.2, -0.15) is 0 Å². The molecule has 2 aromatic carbocycles. The van der Waals surface area contributed by atoms with E-state index in [0.29, 0.717) is 22.9 Å². The number of ether oxygens (including phenoxy) is 2. The van der Waals surface area contributed by atoms with Gasteiger partial charge in [0.1, 0.15) is 29.1 Å². The molecule has 1 aliphatic heterocycles. The topological polar surface area (TPSA) is 89.2 Å². The Morgan fingerprint density at radius 3 is 2.26 bits per heavy atom. The summed E-state index contributed by atoms with van der Waals surface area (Å²) in [5, 5.41) is 11.3. The Bertz CT molecular complexity index is 1250. The number of benzene rings is 2. The van der Waals surface area contributed by atoms with Crippen LogP contribution < -0.4 is 14.4 Å². The summed E-state index contributed by atoms with van der Waals surface area (Å²) in [7, 11) is 2.96. The van der Waals surface area contributed by atoms with Crippen molar-refractivity contribution in [3.8, 4) is 11.5 Å². The molecule has 0 radical (unpaired) electrons. The number of aliphatic hydroxyl groups is 1. The summed E-state index contributed by atoms with van der Waals surface area (Å²) >= 11 is 0. The number of ketones is 1. The van der Waals surface area contributed by atoms with Crippen molar-refractivity contribution in [3.05, 3.63) is 83.3 Å². The Morgan fingerprint density at radius 2 is 1.71 bits per heavy atom. The van der Waals surface area contributed by atoms with E-state index in [1.807, 2.05) is 12.1 Å². The quantitative estimate of drug-likeness (QED) is 0.318. The van der Waals surface area contributed by atoms with E-state index in [-0.39, 0.29) is 22.3 Å². The lowest BCUT2D eigenvalue weighted by Gasteiger charge is -2.25. The summed E-state index contributed by atoms with van der Waals surface area (Å²) in [6, 6.07) is 14.7. The molecule has 0 spiro atoms. The second kappa shape index (κ2) is 8.74. The monoisotopic (exact) mass is 461 g/mol. The highest BCUT2D eigenvalue weighted by molar-refractivity contribution is 6.51. The summed E-state index contributed by atoms with van der Waals surface area (Å²) in [6.45, 7) is 6.29. The van der Waals surface area contributed by atoms with Gasteiger partial charge in [-0.15, -0.1) is 0 Å². The SMILES string of the molecule is COc1ccc(/C(O)=C2/C(=O)C(=O)N(c3ccc(C(C)(C)C)cc3)C2c2ccco2)c(OC)c1. The number of furan rings is 1. The van der Waals surface area contributed by atoms with Crippen LogP contribution in [0.15, 0.2) is 70.9 Å². The summed E-state index contributed by atoms with van der Waals surface area (Å²) in [5.74, 6) is -0.733. The molecular weight excluding hydrogens is 434 g/mol. The third-order valence-corrected chi connectivity index (χ3v) is 5.93. The van der Waals surface area contributed by atoms with Gasteiger partial charge in [-0.1, -0.05) is 32.9 Å². The van der Waals surface area contributed by atoms with Crippen LogP contribution in [0.25, 0.3) is 5.76 Å². The van der Waals surface area contributed by atoms with Crippen LogP contribution >= 0.6 is 0 Å². The van der Waals surface area contributed by atoms with Crippen molar-refractivity contribution >= 4 is 23.1 Å². The highest BCUT2D eigenvalue weighted by Gasteiger charge is 2.48. The maximum Gasteiger partial charge on any atom is 0.300 e. The number of hydrogen-bond acceptors (Lipinski definition) is 6. The van der Waals surface area contributed by atoms with Gasteiger partial charge >= 0.3 is 0 Å². The molecule has 0 saturated carbocycles. The van der Waals surface area contributed by atoms with Crippen molar-refractivity contribution < 1.29 is 28.6 Å². The number of carbonyl (C=O) groups excluding carboxylic acids is 2. The molecule has 1 aromatic heterocycles. The van der Waals surface area contributed by atoms with Crippen molar-refractivity contribution in [2.45, 2.75) is 32.2 Å². The van der Waals surface area contributed by atoms with Gasteiger partial charge in [-0.3, -0.25) is 14.5 Å². The van der Waals surface area contributed by atoms with Gasteiger partial charge in [0.15, 0.2) is 0 Å². The van der Waals surface area contributed by atoms with Gasteiger partial charge in [-0.25, -0.2) is 0 Å². The lowest BCUT2D eigenvalue weighted by Crippen LogP contribution is -2.29. The van der Waals surface area contributed by atoms with Crippen molar-refractivity contribution in [3.63, 3.8) is 0 Å². The van der Waals surface area contributed by atoms with E-state index in [9.17, 15) is 14.7 Å². The van der Waals surface area contributed by atoms with Crippen LogP contribution in [-0.2, 0) is 15.0 Å². The first-order valence-corrected chi connectivity index (χ1v) is 10.8. The molecule has 1 N–H and O–H groups in total. The van der Waals surface area contributed by atoms with Crippen molar-refractivity contribution in [1.82, 2.24) is 0 Å². The predicted molar refractivity (Wildman–Crippen MR) is 128 cm³/mol. The fraction of sp³-hybridized carbons (Fsp3) is 0.259. The molecule has 1 aliphatic rings. The molecule has 34 heavy (non-hydrogen) atoms. The van der Waals surface area contributed by atoms with Gasteiger partial charge in [0.05, 0.1) is 31.6 Å². The van der Waals surface area contributed by atoms with Gasteiger partial charge in [-0.05, 0) is 47.4 Å². The summed E-state index contributed by atoms with van der Waals surface area (Å²) in [4.78, 5) is 27.8. The second-order valence-corrected chi connectivity index (χ2v) is 9.05. The number of carbonyl (C=O) groups is 2. The first-order chi connectivity index (χ1) is 16.2. The van der Waals surface area contributed by atoms with E-state index in [1.54, 1.807) is 42.5 Å². The van der Waals surface area contributed by atoms with Crippen LogP contribution in [0.1, 0.15) is 43.7 Å². The summed E-state index contributed by atoms with van der Waals surface area (Å²) in [6.07, 6.45) is 1.46. The molecule has 1 amide bonds. The van der Waals surface area contributed by atoms with Crippen molar-refractivity contribution in [1.29, 1.82) is 0 Å². The van der Waals surface area contributed by atoms with Crippen LogP contribution in [0.3, 0.4) is 0 Å². The fourth-order valence-corrected chi connectivity index (χ4v) is 4.08. The van der Waals surface area contributed by atoms with E-state index in [1.165, 1.54) is 25.4 Å². The molecule has 1 unspecified atom stereocenters. The maximum absolute atomic E-state index is 13.2. The molecule has 1 fully saturated rings. The largest absolute Gasteiger partial charge is 0.507 e. The van der Waals surface area contributed by atoms with Gasteiger partial charge in [0.2, 0.25) is 0 Å². The minimum atomic E-state index is -0.942. The zero-order valence-corrected chi connectivity index (χ0v) is 19.8. The highest BCUT2D eigenvalue weighted by Crippen LogP contribution is 2.44. The average molecular weight is 462 g/mol. The van der Waals surface area contributed by atoms with Gasteiger partial charge < -0.3 is 19.0 Å². The molecule has 4 rings (SSSR count). The lowest BCUT2D eigenvalue weighted by atomic mass is 9.87. The van der Waals surface area contributed by atoms with Crippen LogP contribution in [0.2, 0.25) is 0 Å². The van der Waals surface area contributed by atoms with Crippen LogP contribution in [-0.4, -0.2) is 31.0 Å². The molecule has 0 aliphatic carbocycles. The molecule has 7 nitrogen and oxygen atoms in total. The van der Waals surface area contributed by atoms with Crippen molar-refractivity contribution in [2.24, 2.45) is 0 Å². The molecule has 1 atom stereocenters. The van der Waals surface area contributed by atoms with E-state index < -0.39 is 17.7 Å². The lowest BCUT2D eigenvalue weighted by molar-refractivity contribution is -0.132. The normalized spacial score (nSPS) is 17.8. The van der Waals surface area contributed by atoms with Gasteiger partial charge in [0.25, 0.3) is 11.7 Å². The van der Waals surface area contributed by atoms with Crippen LogP contribution in [0, 0.1) is 0 Å². The number of aliphatic hydroxyl groups excluding tert-OH is 1. The summed E-state index contributed by atoms with van der Waals surface area (Å²) < 4.78 is 16.2. The Morgan fingerprint density at radius 1 is 1.00 bits per heavy atom. The number of rotatable bonds is 5. The molecule has 176 valence electrons. The first-order valence-electron chi connectivity index (χ1n) is 10.8. The zero-order valence-electron chi connectivity index (χ0n) is 19.8. The standard InChI is InChI=1S/C27H27NO6/c1-27(2,3)16-8-10-17(11-9-16)28-23(20-7-6-14-34-20)22(25(30)26(28)31)24(29)19-13-12-18(32-4)15-21(19)33-5/h6-15,23,29H,1-5H3/b24-22-. The molecule has 2 heterocycles. The van der Waals surface area contributed by atoms with Crippen LogP contribution in [0.5, 0.6) is 11.5 Å². The zero-order chi connectivity index (χ0) is 24.6. The maximum atomic E-state index is 13.2. The Labute approximate surface area is 198 Å². The molecule has 1 saturated heterocycles. The molecular formula is C27H27NO6. The Hall–Kier alpha value is -4.00. The third kappa shape index (κ3) is 3.94. The number of anilines is 1. The van der Waals surface area contributed by atoms with E-state index in [2.05, 4.69) is 20.8 Å². The first kappa shape index (κ1) is 23.2.